The van der Waals surface area contributed by atoms with E-state index in [9.17, 15) is 4.79 Å². The fourth-order valence-electron chi connectivity index (χ4n) is 2.54. The maximum Gasteiger partial charge on any atom is 0.131 e. The Morgan fingerprint density at radius 2 is 2.35 bits per heavy atom. The highest BCUT2D eigenvalue weighted by molar-refractivity contribution is 6.30. The van der Waals surface area contributed by atoms with Gasteiger partial charge in [-0.1, -0.05) is 23.7 Å². The molecule has 1 saturated heterocycles. The molecule has 0 radical (unpaired) electrons. The molecule has 0 spiro atoms. The normalized spacial score (nSPS) is 20.7. The minimum atomic E-state index is 0.285. The third-order valence-electron chi connectivity index (χ3n) is 3.30. The zero-order valence-corrected chi connectivity index (χ0v) is 10.9. The van der Waals surface area contributed by atoms with Gasteiger partial charge < -0.3 is 0 Å². The van der Waals surface area contributed by atoms with Crippen molar-refractivity contribution in [3.05, 3.63) is 34.9 Å². The van der Waals surface area contributed by atoms with E-state index in [1.54, 1.807) is 6.92 Å². The van der Waals surface area contributed by atoms with Crippen molar-refractivity contribution in [1.82, 2.24) is 4.90 Å². The van der Waals surface area contributed by atoms with Crippen LogP contribution in [0.2, 0.25) is 5.02 Å². The van der Waals surface area contributed by atoms with Crippen LogP contribution in [0.15, 0.2) is 24.3 Å². The molecule has 0 N–H and O–H groups in total. The quantitative estimate of drug-likeness (QED) is 0.819. The van der Waals surface area contributed by atoms with Gasteiger partial charge in [0, 0.05) is 24.0 Å². The van der Waals surface area contributed by atoms with Gasteiger partial charge in [0.1, 0.15) is 5.78 Å². The van der Waals surface area contributed by atoms with Crippen molar-refractivity contribution < 1.29 is 4.79 Å². The van der Waals surface area contributed by atoms with Gasteiger partial charge in [0.05, 0.1) is 0 Å². The van der Waals surface area contributed by atoms with Gasteiger partial charge in [0.25, 0.3) is 0 Å². The predicted molar refractivity (Wildman–Crippen MR) is 70.2 cm³/mol. The van der Waals surface area contributed by atoms with Crippen LogP contribution in [-0.4, -0.2) is 23.3 Å². The van der Waals surface area contributed by atoms with Crippen molar-refractivity contribution in [3.8, 4) is 0 Å². The van der Waals surface area contributed by atoms with E-state index in [4.69, 9.17) is 11.6 Å². The van der Waals surface area contributed by atoms with Gasteiger partial charge in [-0.3, -0.25) is 9.69 Å². The molecule has 1 aromatic rings. The lowest BCUT2D eigenvalue weighted by Crippen LogP contribution is -2.30. The van der Waals surface area contributed by atoms with E-state index in [1.165, 1.54) is 12.0 Å². The number of nitrogens with zero attached hydrogens (tertiary/aromatic N) is 1. The Balaban J connectivity index is 2.00. The van der Waals surface area contributed by atoms with E-state index in [2.05, 4.69) is 11.0 Å². The SMILES string of the molecule is CC(=O)CC1CCCN1Cc1cccc(Cl)c1. The van der Waals surface area contributed by atoms with Crippen molar-refractivity contribution in [2.75, 3.05) is 6.54 Å². The van der Waals surface area contributed by atoms with Crippen LogP contribution in [0.3, 0.4) is 0 Å². The van der Waals surface area contributed by atoms with Crippen molar-refractivity contribution in [1.29, 1.82) is 0 Å². The summed E-state index contributed by atoms with van der Waals surface area (Å²) in [7, 11) is 0. The Bertz CT molecular complexity index is 405. The summed E-state index contributed by atoms with van der Waals surface area (Å²) in [6.45, 7) is 3.67. The zero-order chi connectivity index (χ0) is 12.3. The van der Waals surface area contributed by atoms with Crippen molar-refractivity contribution in [2.24, 2.45) is 0 Å². The molecule has 1 fully saturated rings. The summed E-state index contributed by atoms with van der Waals surface area (Å²) >= 11 is 5.98. The minimum Gasteiger partial charge on any atom is -0.300 e. The van der Waals surface area contributed by atoms with Crippen LogP contribution in [-0.2, 0) is 11.3 Å². The fourth-order valence-corrected chi connectivity index (χ4v) is 2.75. The van der Waals surface area contributed by atoms with Gasteiger partial charge in [-0.05, 0) is 44.0 Å². The molecule has 1 aromatic carbocycles. The maximum atomic E-state index is 11.2. The average Bonchev–Trinajstić information content (AvgIpc) is 2.65. The molecule has 17 heavy (non-hydrogen) atoms. The minimum absolute atomic E-state index is 0.285. The number of hydrogen-bond acceptors (Lipinski definition) is 2. The molecule has 1 aliphatic rings. The first kappa shape index (κ1) is 12.6. The molecular formula is C14H18ClNO. The van der Waals surface area contributed by atoms with Crippen molar-refractivity contribution in [3.63, 3.8) is 0 Å². The third-order valence-corrected chi connectivity index (χ3v) is 3.53. The van der Waals surface area contributed by atoms with Gasteiger partial charge in [-0.15, -0.1) is 0 Å². The Morgan fingerprint density at radius 1 is 1.53 bits per heavy atom. The lowest BCUT2D eigenvalue weighted by atomic mass is 10.1. The number of carbonyl (C=O) groups is 1. The first-order valence-corrected chi connectivity index (χ1v) is 6.51. The molecule has 0 saturated carbocycles. The molecule has 1 heterocycles. The highest BCUT2D eigenvalue weighted by Crippen LogP contribution is 2.23. The summed E-state index contributed by atoms with van der Waals surface area (Å²) in [4.78, 5) is 13.6. The molecule has 2 nitrogen and oxygen atoms in total. The number of carbonyl (C=O) groups excluding carboxylic acids is 1. The number of ketones is 1. The highest BCUT2D eigenvalue weighted by atomic mass is 35.5. The molecule has 1 atom stereocenters. The lowest BCUT2D eigenvalue weighted by molar-refractivity contribution is -0.118. The van der Waals surface area contributed by atoms with Crippen molar-refractivity contribution >= 4 is 17.4 Å². The van der Waals surface area contributed by atoms with E-state index in [0.717, 1.165) is 24.5 Å². The van der Waals surface area contributed by atoms with Gasteiger partial charge in [-0.2, -0.15) is 0 Å². The molecule has 0 amide bonds. The molecule has 92 valence electrons. The second-order valence-electron chi connectivity index (χ2n) is 4.80. The number of Topliss-reactive ketones (excluding diaryl/α,β-unsaturated/α-hetero) is 1. The lowest BCUT2D eigenvalue weighted by Gasteiger charge is -2.23. The van der Waals surface area contributed by atoms with Gasteiger partial charge in [0.2, 0.25) is 0 Å². The second-order valence-corrected chi connectivity index (χ2v) is 5.24. The molecule has 3 heteroatoms. The van der Waals surface area contributed by atoms with E-state index in [1.807, 2.05) is 18.2 Å². The van der Waals surface area contributed by atoms with Gasteiger partial charge in [0.15, 0.2) is 0 Å². The summed E-state index contributed by atoms with van der Waals surface area (Å²) in [5.74, 6) is 0.285. The topological polar surface area (TPSA) is 20.3 Å². The molecule has 0 aromatic heterocycles. The van der Waals surface area contributed by atoms with E-state index in [-0.39, 0.29) is 5.78 Å². The number of hydrogen-bond donors (Lipinski definition) is 0. The first-order valence-electron chi connectivity index (χ1n) is 6.13. The zero-order valence-electron chi connectivity index (χ0n) is 10.2. The Morgan fingerprint density at radius 3 is 3.06 bits per heavy atom. The standard InChI is InChI=1S/C14H18ClNO/c1-11(17)8-14-6-3-7-16(14)10-12-4-2-5-13(15)9-12/h2,4-5,9,14H,3,6-8,10H2,1H3. The van der Waals surface area contributed by atoms with Crippen LogP contribution in [0, 0.1) is 0 Å². The molecule has 1 unspecified atom stereocenters. The summed E-state index contributed by atoms with van der Waals surface area (Å²) < 4.78 is 0. The van der Waals surface area contributed by atoms with Gasteiger partial charge in [-0.25, -0.2) is 0 Å². The number of benzene rings is 1. The monoisotopic (exact) mass is 251 g/mol. The second kappa shape index (κ2) is 5.65. The van der Waals surface area contributed by atoms with Crippen LogP contribution in [0.25, 0.3) is 0 Å². The third kappa shape index (κ3) is 3.55. The summed E-state index contributed by atoms with van der Waals surface area (Å²) in [5.41, 5.74) is 1.23. The Hall–Kier alpha value is -0.860. The number of halogens is 1. The van der Waals surface area contributed by atoms with E-state index in [0.29, 0.717) is 12.5 Å². The largest absolute Gasteiger partial charge is 0.300 e. The van der Waals surface area contributed by atoms with E-state index < -0.39 is 0 Å². The fraction of sp³-hybridized carbons (Fsp3) is 0.500. The molecule has 1 aliphatic heterocycles. The molecule has 2 rings (SSSR count). The summed E-state index contributed by atoms with van der Waals surface area (Å²) in [6.07, 6.45) is 3.01. The van der Waals surface area contributed by atoms with Crippen LogP contribution >= 0.6 is 11.6 Å². The number of likely N-dealkylation sites (tertiary alicyclic amines) is 1. The predicted octanol–water partition coefficient (Wildman–Crippen LogP) is 3.28. The highest BCUT2D eigenvalue weighted by Gasteiger charge is 2.25. The first-order chi connectivity index (χ1) is 8.15. The molecular weight excluding hydrogens is 234 g/mol. The Labute approximate surface area is 108 Å². The van der Waals surface area contributed by atoms with Crippen LogP contribution in [0.1, 0.15) is 31.7 Å². The Kier molecular flexibility index (Phi) is 4.19. The maximum absolute atomic E-state index is 11.2. The van der Waals surface area contributed by atoms with Crippen LogP contribution in [0.5, 0.6) is 0 Å². The summed E-state index contributed by atoms with van der Waals surface area (Å²) in [5, 5.41) is 0.782. The van der Waals surface area contributed by atoms with Gasteiger partial charge >= 0.3 is 0 Å². The van der Waals surface area contributed by atoms with Crippen LogP contribution < -0.4 is 0 Å². The van der Waals surface area contributed by atoms with E-state index >= 15 is 0 Å². The molecule has 0 bridgehead atoms. The average molecular weight is 252 g/mol. The smallest absolute Gasteiger partial charge is 0.131 e. The summed E-state index contributed by atoms with van der Waals surface area (Å²) in [6, 6.07) is 8.39. The van der Waals surface area contributed by atoms with Crippen LogP contribution in [0.4, 0.5) is 0 Å². The van der Waals surface area contributed by atoms with Crippen molar-refractivity contribution in [2.45, 2.75) is 38.8 Å². The number of rotatable bonds is 4. The molecule has 0 aliphatic carbocycles.